The second-order valence-corrected chi connectivity index (χ2v) is 5.14. The molecule has 1 heterocycles. The molecule has 1 aromatic heterocycles. The number of nitrogens with one attached hydrogen (secondary N) is 1. The molecule has 0 bridgehead atoms. The Morgan fingerprint density at radius 3 is 2.71 bits per heavy atom. The molecule has 0 spiro atoms. The van der Waals surface area contributed by atoms with Gasteiger partial charge in [-0.15, -0.1) is 0 Å². The number of aromatic amines is 1. The maximum absolute atomic E-state index is 12.1. The number of rotatable bonds is 6. The van der Waals surface area contributed by atoms with Crippen LogP contribution in [-0.2, 0) is 22.4 Å². The Labute approximate surface area is 123 Å². The van der Waals surface area contributed by atoms with E-state index >= 15 is 0 Å². The van der Waals surface area contributed by atoms with Crippen LogP contribution >= 0.6 is 0 Å². The zero-order chi connectivity index (χ0) is 15.4. The molecule has 0 radical (unpaired) electrons. The van der Waals surface area contributed by atoms with Gasteiger partial charge in [0, 0.05) is 30.7 Å². The molecule has 21 heavy (non-hydrogen) atoms. The number of aliphatic carboxylic acids is 1. The monoisotopic (exact) mass is 288 g/mol. The number of hydrogen-bond donors (Lipinski definition) is 2. The Morgan fingerprint density at radius 2 is 2.05 bits per heavy atom. The number of aromatic nitrogens is 1. The molecule has 0 unspecified atom stereocenters. The number of fused-ring (bicyclic) bond motifs is 1. The first-order valence-corrected chi connectivity index (χ1v) is 7.06. The third-order valence-electron chi connectivity index (χ3n) is 3.70. The van der Waals surface area contributed by atoms with Crippen LogP contribution in [0.15, 0.2) is 24.4 Å². The molecule has 0 saturated heterocycles. The third kappa shape index (κ3) is 3.42. The first kappa shape index (κ1) is 15.1. The minimum Gasteiger partial charge on any atom is -0.481 e. The quantitative estimate of drug-likeness (QED) is 0.856. The Bertz CT molecular complexity index is 661. The average Bonchev–Trinajstić information content (AvgIpc) is 2.87. The summed E-state index contributed by atoms with van der Waals surface area (Å²) < 4.78 is 0. The highest BCUT2D eigenvalue weighted by Crippen LogP contribution is 2.22. The maximum atomic E-state index is 12.1. The lowest BCUT2D eigenvalue weighted by atomic mass is 10.1. The van der Waals surface area contributed by atoms with Gasteiger partial charge >= 0.3 is 5.97 Å². The first-order valence-electron chi connectivity index (χ1n) is 7.06. The smallest absolute Gasteiger partial charge is 0.305 e. The van der Waals surface area contributed by atoms with Gasteiger partial charge in [-0.25, -0.2) is 0 Å². The van der Waals surface area contributed by atoms with Crippen LogP contribution in [0.25, 0.3) is 10.9 Å². The van der Waals surface area contributed by atoms with Crippen molar-refractivity contribution in [1.29, 1.82) is 0 Å². The van der Waals surface area contributed by atoms with E-state index in [1.54, 1.807) is 7.05 Å². The minimum absolute atomic E-state index is 0.0316. The van der Waals surface area contributed by atoms with Gasteiger partial charge in [-0.3, -0.25) is 9.59 Å². The van der Waals surface area contributed by atoms with Crippen LogP contribution in [0.5, 0.6) is 0 Å². The summed E-state index contributed by atoms with van der Waals surface area (Å²) in [6, 6.07) is 6.07. The van der Waals surface area contributed by atoms with Crippen molar-refractivity contribution in [2.24, 2.45) is 0 Å². The van der Waals surface area contributed by atoms with Crippen molar-refractivity contribution in [2.75, 3.05) is 13.6 Å². The summed E-state index contributed by atoms with van der Waals surface area (Å²) >= 11 is 0. The van der Waals surface area contributed by atoms with Crippen molar-refractivity contribution < 1.29 is 14.7 Å². The molecular formula is C16H20N2O3. The highest BCUT2D eigenvalue weighted by molar-refractivity contribution is 5.90. The minimum atomic E-state index is -0.894. The molecule has 5 heteroatoms. The fourth-order valence-corrected chi connectivity index (χ4v) is 2.40. The number of carboxylic acid groups (broad SMARTS) is 1. The van der Waals surface area contributed by atoms with Gasteiger partial charge in [0.1, 0.15) is 0 Å². The predicted molar refractivity (Wildman–Crippen MR) is 81.3 cm³/mol. The molecule has 0 fully saturated rings. The summed E-state index contributed by atoms with van der Waals surface area (Å²) in [5, 5.41) is 9.72. The van der Waals surface area contributed by atoms with Crippen LogP contribution < -0.4 is 0 Å². The summed E-state index contributed by atoms with van der Waals surface area (Å²) in [7, 11) is 1.64. The third-order valence-corrected chi connectivity index (χ3v) is 3.70. The molecule has 0 atom stereocenters. The van der Waals surface area contributed by atoms with Gasteiger partial charge in [0.05, 0.1) is 12.8 Å². The lowest BCUT2D eigenvalue weighted by molar-refractivity contribution is -0.138. The molecule has 112 valence electrons. The van der Waals surface area contributed by atoms with Crippen LogP contribution in [0.1, 0.15) is 24.5 Å². The molecule has 2 rings (SSSR count). The molecule has 2 N–H and O–H groups in total. The van der Waals surface area contributed by atoms with E-state index in [0.29, 0.717) is 0 Å². The van der Waals surface area contributed by atoms with Gasteiger partial charge in [0.15, 0.2) is 0 Å². The van der Waals surface area contributed by atoms with E-state index in [4.69, 9.17) is 5.11 Å². The highest BCUT2D eigenvalue weighted by Gasteiger charge is 2.14. The fourth-order valence-electron chi connectivity index (χ4n) is 2.40. The van der Waals surface area contributed by atoms with E-state index < -0.39 is 5.97 Å². The fraction of sp³-hybridized carbons (Fsp3) is 0.375. The van der Waals surface area contributed by atoms with Gasteiger partial charge in [-0.1, -0.05) is 25.1 Å². The summed E-state index contributed by atoms with van der Waals surface area (Å²) in [5.41, 5.74) is 3.26. The zero-order valence-corrected chi connectivity index (χ0v) is 12.3. The van der Waals surface area contributed by atoms with E-state index in [1.807, 2.05) is 18.3 Å². The lowest BCUT2D eigenvalue weighted by Gasteiger charge is -2.15. The average molecular weight is 288 g/mol. The second-order valence-electron chi connectivity index (χ2n) is 5.14. The molecule has 0 aliphatic carbocycles. The number of carbonyl (C=O) groups excluding carboxylic acids is 1. The predicted octanol–water partition coefficient (Wildman–Crippen LogP) is 2.21. The first-order chi connectivity index (χ1) is 10.0. The van der Waals surface area contributed by atoms with Gasteiger partial charge in [0.25, 0.3) is 0 Å². The number of aryl methyl sites for hydroxylation is 1. The summed E-state index contributed by atoms with van der Waals surface area (Å²) in [6.45, 7) is 2.33. The Morgan fingerprint density at radius 1 is 1.29 bits per heavy atom. The number of hydrogen-bond acceptors (Lipinski definition) is 2. The van der Waals surface area contributed by atoms with Crippen molar-refractivity contribution in [1.82, 2.24) is 9.88 Å². The molecule has 0 aliphatic heterocycles. The van der Waals surface area contributed by atoms with E-state index in [0.717, 1.165) is 22.9 Å². The second kappa shape index (κ2) is 6.43. The van der Waals surface area contributed by atoms with Crippen LogP contribution in [0, 0.1) is 0 Å². The number of para-hydroxylation sites is 1. The standard InChI is InChI=1S/C16H20N2O3/c1-3-11-5-4-6-13-12(10-17-16(11)13)9-14(19)18(2)8-7-15(20)21/h4-6,10,17H,3,7-9H2,1-2H3,(H,20,21). The number of carboxylic acids is 1. The lowest BCUT2D eigenvalue weighted by Crippen LogP contribution is -2.30. The zero-order valence-electron chi connectivity index (χ0n) is 12.3. The molecule has 2 aromatic rings. The number of benzene rings is 1. The van der Waals surface area contributed by atoms with E-state index in [-0.39, 0.29) is 25.3 Å². The normalized spacial score (nSPS) is 10.8. The van der Waals surface area contributed by atoms with Gasteiger partial charge < -0.3 is 15.0 Å². The molecule has 1 amide bonds. The van der Waals surface area contributed by atoms with Crippen molar-refractivity contribution in [2.45, 2.75) is 26.2 Å². The molecule has 0 aliphatic rings. The summed E-state index contributed by atoms with van der Waals surface area (Å²) in [4.78, 5) is 27.4. The Hall–Kier alpha value is -2.30. The maximum Gasteiger partial charge on any atom is 0.305 e. The van der Waals surface area contributed by atoms with Crippen LogP contribution in [-0.4, -0.2) is 40.5 Å². The van der Waals surface area contributed by atoms with E-state index in [1.165, 1.54) is 10.5 Å². The van der Waals surface area contributed by atoms with Crippen molar-refractivity contribution in [3.63, 3.8) is 0 Å². The Kier molecular flexibility index (Phi) is 4.62. The van der Waals surface area contributed by atoms with Crippen LogP contribution in [0.2, 0.25) is 0 Å². The number of nitrogens with zero attached hydrogens (tertiary/aromatic N) is 1. The number of likely N-dealkylation sites (N-methyl/N-ethyl adjacent to an activating group) is 1. The molecule has 0 saturated carbocycles. The van der Waals surface area contributed by atoms with E-state index in [9.17, 15) is 9.59 Å². The van der Waals surface area contributed by atoms with Gasteiger partial charge in [0.2, 0.25) is 5.91 Å². The molecule has 5 nitrogen and oxygen atoms in total. The summed E-state index contributed by atoms with van der Waals surface area (Å²) in [6.07, 6.45) is 3.05. The van der Waals surface area contributed by atoms with Crippen LogP contribution in [0.3, 0.4) is 0 Å². The highest BCUT2D eigenvalue weighted by atomic mass is 16.4. The van der Waals surface area contributed by atoms with E-state index in [2.05, 4.69) is 18.0 Å². The molecular weight excluding hydrogens is 268 g/mol. The van der Waals surface area contributed by atoms with Crippen molar-refractivity contribution in [3.8, 4) is 0 Å². The van der Waals surface area contributed by atoms with Crippen molar-refractivity contribution >= 4 is 22.8 Å². The van der Waals surface area contributed by atoms with Gasteiger partial charge in [-0.05, 0) is 17.5 Å². The van der Waals surface area contributed by atoms with Gasteiger partial charge in [-0.2, -0.15) is 0 Å². The SMILES string of the molecule is CCc1cccc2c(CC(=O)N(C)CCC(=O)O)c[nH]c12. The largest absolute Gasteiger partial charge is 0.481 e. The number of amides is 1. The number of carbonyl (C=O) groups is 2. The topological polar surface area (TPSA) is 73.4 Å². The molecule has 1 aromatic carbocycles. The van der Waals surface area contributed by atoms with Crippen molar-refractivity contribution in [3.05, 3.63) is 35.5 Å². The Balaban J connectivity index is 2.13. The van der Waals surface area contributed by atoms with Crippen LogP contribution in [0.4, 0.5) is 0 Å². The summed E-state index contributed by atoms with van der Waals surface area (Å²) in [5.74, 6) is -0.964. The number of H-pyrrole nitrogens is 1.